The molecular formula is C27H21FN6OS. The van der Waals surface area contributed by atoms with Crippen molar-refractivity contribution in [3.8, 4) is 33.1 Å². The number of nitrogens with zero attached hydrogens (tertiary/aromatic N) is 3. The molecule has 3 N–H and O–H groups in total. The van der Waals surface area contributed by atoms with Gasteiger partial charge in [-0.1, -0.05) is 19.9 Å². The normalized spacial score (nSPS) is 11.6. The topological polar surface area (TPSA) is 99.3 Å². The van der Waals surface area contributed by atoms with Gasteiger partial charge in [-0.05, 0) is 48.0 Å². The minimum atomic E-state index is -0.243. The van der Waals surface area contributed by atoms with Crippen LogP contribution in [0.1, 0.15) is 13.8 Å². The Balaban J connectivity index is 1.41. The van der Waals surface area contributed by atoms with Crippen LogP contribution >= 0.6 is 11.3 Å². The lowest BCUT2D eigenvalue weighted by molar-refractivity contribution is -0.118. The molecule has 0 radical (unpaired) electrons. The van der Waals surface area contributed by atoms with E-state index in [0.29, 0.717) is 5.69 Å². The summed E-state index contributed by atoms with van der Waals surface area (Å²) in [6.45, 7) is 3.70. The van der Waals surface area contributed by atoms with Gasteiger partial charge in [0.25, 0.3) is 0 Å². The monoisotopic (exact) mass is 496 g/mol. The van der Waals surface area contributed by atoms with Crippen molar-refractivity contribution < 1.29 is 9.18 Å². The van der Waals surface area contributed by atoms with Crippen molar-refractivity contribution >= 4 is 44.7 Å². The third-order valence-electron chi connectivity index (χ3n) is 6.04. The number of pyridine rings is 2. The van der Waals surface area contributed by atoms with E-state index >= 15 is 0 Å². The van der Waals surface area contributed by atoms with Crippen LogP contribution in [0.25, 0.3) is 54.9 Å². The van der Waals surface area contributed by atoms with Crippen molar-refractivity contribution in [3.63, 3.8) is 0 Å². The number of aromatic nitrogens is 5. The van der Waals surface area contributed by atoms with Crippen molar-refractivity contribution in [2.45, 2.75) is 13.8 Å². The third kappa shape index (κ3) is 3.93. The Bertz CT molecular complexity index is 1750. The number of fused-ring (bicyclic) bond motifs is 2. The smallest absolute Gasteiger partial charge is 0.226 e. The van der Waals surface area contributed by atoms with Gasteiger partial charge in [-0.2, -0.15) is 9.49 Å². The molecule has 0 saturated heterocycles. The highest BCUT2D eigenvalue weighted by Crippen LogP contribution is 2.36. The third-order valence-corrected chi connectivity index (χ3v) is 6.92. The number of carbonyl (C=O) groups is 1. The van der Waals surface area contributed by atoms with Crippen molar-refractivity contribution in [1.29, 1.82) is 0 Å². The first-order chi connectivity index (χ1) is 17.5. The van der Waals surface area contributed by atoms with Crippen LogP contribution in [0, 0.1) is 11.0 Å². The number of H-pyrrole nitrogens is 2. The molecule has 1 amide bonds. The number of halogens is 1. The molecule has 36 heavy (non-hydrogen) atoms. The Kier molecular flexibility index (Phi) is 5.34. The van der Waals surface area contributed by atoms with Gasteiger partial charge in [0.2, 0.25) is 5.91 Å². The fourth-order valence-corrected chi connectivity index (χ4v) is 4.91. The summed E-state index contributed by atoms with van der Waals surface area (Å²) in [5, 5.41) is 12.2. The van der Waals surface area contributed by atoms with E-state index in [2.05, 4.69) is 36.5 Å². The highest BCUT2D eigenvalue weighted by atomic mass is 32.1. The molecule has 0 aliphatic rings. The molecule has 6 aromatic rings. The van der Waals surface area contributed by atoms with E-state index < -0.39 is 0 Å². The summed E-state index contributed by atoms with van der Waals surface area (Å²) >= 11 is 1.07. The van der Waals surface area contributed by atoms with Gasteiger partial charge in [-0.15, -0.1) is 11.3 Å². The molecule has 0 aliphatic heterocycles. The van der Waals surface area contributed by atoms with Crippen LogP contribution in [0.2, 0.25) is 0 Å². The minimum absolute atomic E-state index is 0.0560. The van der Waals surface area contributed by atoms with Gasteiger partial charge in [0, 0.05) is 40.2 Å². The van der Waals surface area contributed by atoms with E-state index in [0.717, 1.165) is 66.2 Å². The van der Waals surface area contributed by atoms with Crippen LogP contribution in [-0.2, 0) is 4.79 Å². The summed E-state index contributed by atoms with van der Waals surface area (Å²) in [6.07, 6.45) is 5.13. The number of carbonyl (C=O) groups excluding carboxylic acids is 1. The number of hydrogen-bond acceptors (Lipinski definition) is 5. The molecule has 9 heteroatoms. The fraction of sp³-hybridized carbons (Fsp3) is 0.111. The Labute approximate surface area is 209 Å². The van der Waals surface area contributed by atoms with Gasteiger partial charge < -0.3 is 10.3 Å². The highest BCUT2D eigenvalue weighted by molar-refractivity contribution is 7.13. The van der Waals surface area contributed by atoms with E-state index in [1.807, 2.05) is 44.2 Å². The van der Waals surface area contributed by atoms with Crippen LogP contribution in [-0.4, -0.2) is 31.1 Å². The van der Waals surface area contributed by atoms with Gasteiger partial charge in [0.15, 0.2) is 5.13 Å². The molecule has 0 saturated carbocycles. The van der Waals surface area contributed by atoms with Crippen molar-refractivity contribution in [2.75, 3.05) is 5.32 Å². The second-order valence-electron chi connectivity index (χ2n) is 8.85. The average molecular weight is 497 g/mol. The summed E-state index contributed by atoms with van der Waals surface area (Å²) in [4.78, 5) is 25.1. The quantitative estimate of drug-likeness (QED) is 0.249. The molecule has 178 valence electrons. The number of nitrogens with one attached hydrogen (secondary N) is 3. The Morgan fingerprint density at radius 3 is 2.64 bits per heavy atom. The zero-order valence-corrected chi connectivity index (χ0v) is 20.3. The largest absolute Gasteiger partial charge is 0.353 e. The summed E-state index contributed by atoms with van der Waals surface area (Å²) in [7, 11) is 0. The molecule has 0 bridgehead atoms. The van der Waals surface area contributed by atoms with E-state index in [1.54, 1.807) is 24.7 Å². The second kappa shape index (κ2) is 8.69. The summed E-state index contributed by atoms with van der Waals surface area (Å²) in [5.41, 5.74) is 6.60. The number of benzene rings is 1. The maximum Gasteiger partial charge on any atom is 0.226 e. The first-order valence-electron chi connectivity index (χ1n) is 11.4. The first kappa shape index (κ1) is 22.1. The molecule has 5 aromatic heterocycles. The standard InChI is InChI=1S/C27H21FN6OS/c1-14(2)27(35)31-17-9-16(12-29-13-17)15-3-4-21-18(10-15)25(34-33-21)22-11-19-20(32-22)7-8-30-26(19)23-5-6-24(28)36-23/h3-14,32H,1-2H3,(H,31,35)(H,33,34). The lowest BCUT2D eigenvalue weighted by Gasteiger charge is -2.09. The number of rotatable bonds is 5. The molecule has 0 atom stereocenters. The van der Waals surface area contributed by atoms with E-state index in [9.17, 15) is 9.18 Å². The number of hydrogen-bond donors (Lipinski definition) is 3. The zero-order chi connectivity index (χ0) is 24.8. The maximum absolute atomic E-state index is 13.7. The summed E-state index contributed by atoms with van der Waals surface area (Å²) < 4.78 is 13.7. The molecule has 6 rings (SSSR count). The lowest BCUT2D eigenvalue weighted by Crippen LogP contribution is -2.17. The number of amides is 1. The fourth-order valence-electron chi connectivity index (χ4n) is 4.17. The molecule has 1 aromatic carbocycles. The minimum Gasteiger partial charge on any atom is -0.353 e. The second-order valence-corrected chi connectivity index (χ2v) is 9.88. The molecular weight excluding hydrogens is 475 g/mol. The first-order valence-corrected chi connectivity index (χ1v) is 12.3. The predicted octanol–water partition coefficient (Wildman–Crippen LogP) is 6.63. The summed E-state index contributed by atoms with van der Waals surface area (Å²) in [5.74, 6) is -0.177. The number of thiophene rings is 1. The maximum atomic E-state index is 13.7. The van der Waals surface area contributed by atoms with Gasteiger partial charge in [-0.3, -0.25) is 19.9 Å². The van der Waals surface area contributed by atoms with Crippen molar-refractivity contribution in [1.82, 2.24) is 25.1 Å². The van der Waals surface area contributed by atoms with Crippen molar-refractivity contribution in [3.05, 3.63) is 72.3 Å². The van der Waals surface area contributed by atoms with E-state index in [-0.39, 0.29) is 17.0 Å². The molecule has 7 nitrogen and oxygen atoms in total. The SMILES string of the molecule is CC(C)C(=O)Nc1cncc(-c2ccc3[nH]nc(-c4cc5c(-c6ccc(F)s6)nccc5[nH]4)c3c2)c1. The molecule has 5 heterocycles. The van der Waals surface area contributed by atoms with Crippen LogP contribution in [0.15, 0.2) is 67.1 Å². The predicted molar refractivity (Wildman–Crippen MR) is 141 cm³/mol. The Morgan fingerprint density at radius 2 is 1.83 bits per heavy atom. The highest BCUT2D eigenvalue weighted by Gasteiger charge is 2.16. The van der Waals surface area contributed by atoms with Gasteiger partial charge in [0.05, 0.1) is 33.7 Å². The molecule has 0 unspecified atom stereocenters. The van der Waals surface area contributed by atoms with Crippen molar-refractivity contribution in [2.24, 2.45) is 5.92 Å². The van der Waals surface area contributed by atoms with Crippen LogP contribution < -0.4 is 5.32 Å². The molecule has 0 fully saturated rings. The Hall–Kier alpha value is -4.37. The number of anilines is 1. The zero-order valence-electron chi connectivity index (χ0n) is 19.5. The van der Waals surface area contributed by atoms with Crippen LogP contribution in [0.3, 0.4) is 0 Å². The average Bonchev–Trinajstić information content (AvgIpc) is 3.61. The van der Waals surface area contributed by atoms with E-state index in [4.69, 9.17) is 0 Å². The Morgan fingerprint density at radius 1 is 0.972 bits per heavy atom. The molecule has 0 aliphatic carbocycles. The van der Waals surface area contributed by atoms with Gasteiger partial charge >= 0.3 is 0 Å². The van der Waals surface area contributed by atoms with Crippen LogP contribution in [0.4, 0.5) is 10.1 Å². The lowest BCUT2D eigenvalue weighted by atomic mass is 10.0. The summed E-state index contributed by atoms with van der Waals surface area (Å²) in [6, 6.07) is 15.0. The van der Waals surface area contributed by atoms with E-state index in [1.165, 1.54) is 6.07 Å². The van der Waals surface area contributed by atoms with Gasteiger partial charge in [0.1, 0.15) is 5.69 Å². The molecule has 0 spiro atoms. The van der Waals surface area contributed by atoms with Gasteiger partial charge in [-0.25, -0.2) is 0 Å². The van der Waals surface area contributed by atoms with Crippen LogP contribution in [0.5, 0.6) is 0 Å². The number of aromatic amines is 2.